The van der Waals surface area contributed by atoms with E-state index in [-0.39, 0.29) is 0 Å². The molecule has 0 radical (unpaired) electrons. The van der Waals surface area contributed by atoms with Gasteiger partial charge in [0.25, 0.3) is 0 Å². The maximum absolute atomic E-state index is 11.7. The lowest BCUT2D eigenvalue weighted by Gasteiger charge is -2.38. The molecule has 0 unspecified atom stereocenters. The number of rotatable bonds is 2. The minimum absolute atomic E-state index is 0.438. The van der Waals surface area contributed by atoms with Gasteiger partial charge in [-0.15, -0.1) is 0 Å². The maximum atomic E-state index is 11.7. The van der Waals surface area contributed by atoms with Crippen LogP contribution < -0.4 is 4.72 Å². The number of hydrogen-bond acceptors (Lipinski definition) is 1. The van der Waals surface area contributed by atoms with Crippen molar-refractivity contribution in [2.24, 2.45) is 11.3 Å². The van der Waals surface area contributed by atoms with Crippen molar-refractivity contribution in [2.45, 2.75) is 52.5 Å². The predicted octanol–water partition coefficient (Wildman–Crippen LogP) is 2.37. The van der Waals surface area contributed by atoms with E-state index < -0.39 is 10.1 Å². The van der Waals surface area contributed by atoms with E-state index in [4.69, 9.17) is 0 Å². The van der Waals surface area contributed by atoms with E-state index in [0.29, 0.717) is 11.5 Å². The standard InChI is InChI=1S/C12H27NOS/c1-12(2,3)10-6-8-11(9-7-10)13-15(4,5)14/h10-11,15H,6-9H2,1-5H3,(H,13,14). The minimum atomic E-state index is -2.04. The Morgan fingerprint density at radius 1 is 1.07 bits per heavy atom. The smallest absolute Gasteiger partial charge is 0.0176 e. The van der Waals surface area contributed by atoms with E-state index >= 15 is 0 Å². The first-order valence-corrected chi connectivity index (χ1v) is 8.61. The molecular formula is C12H27NOS. The summed E-state index contributed by atoms with van der Waals surface area (Å²) in [6.07, 6.45) is 8.58. The highest BCUT2D eigenvalue weighted by molar-refractivity contribution is 7.99. The number of thiol groups is 1. The first-order valence-electron chi connectivity index (χ1n) is 6.01. The van der Waals surface area contributed by atoms with Crippen LogP contribution in [0.4, 0.5) is 0 Å². The average molecular weight is 233 g/mol. The highest BCUT2D eigenvalue weighted by Crippen LogP contribution is 2.37. The molecule has 0 heterocycles. The average Bonchev–Trinajstić information content (AvgIpc) is 2.00. The van der Waals surface area contributed by atoms with Crippen molar-refractivity contribution in [3.63, 3.8) is 0 Å². The van der Waals surface area contributed by atoms with Gasteiger partial charge >= 0.3 is 0 Å². The molecule has 0 amide bonds. The highest BCUT2D eigenvalue weighted by atomic mass is 32.3. The van der Waals surface area contributed by atoms with E-state index in [1.807, 2.05) is 12.5 Å². The van der Waals surface area contributed by atoms with E-state index in [1.165, 1.54) is 25.7 Å². The number of nitrogens with one attached hydrogen (secondary N) is 1. The summed E-state index contributed by atoms with van der Waals surface area (Å²) in [7, 11) is -2.04. The van der Waals surface area contributed by atoms with Gasteiger partial charge in [0.1, 0.15) is 0 Å². The molecule has 0 atom stereocenters. The molecule has 0 aromatic heterocycles. The molecule has 1 saturated carbocycles. The molecule has 92 valence electrons. The Morgan fingerprint density at radius 3 is 1.87 bits per heavy atom. The monoisotopic (exact) mass is 233 g/mol. The SMILES string of the molecule is CC(C)(C)C1CCC(N[SH](C)(C)=O)CC1. The summed E-state index contributed by atoms with van der Waals surface area (Å²) in [6.45, 7) is 6.99. The molecule has 15 heavy (non-hydrogen) atoms. The van der Waals surface area contributed by atoms with E-state index in [2.05, 4.69) is 25.5 Å². The third-order valence-corrected chi connectivity index (χ3v) is 4.43. The molecule has 0 bridgehead atoms. The van der Waals surface area contributed by atoms with Crippen LogP contribution in [0.5, 0.6) is 0 Å². The Balaban J connectivity index is 2.40. The van der Waals surface area contributed by atoms with Crippen molar-refractivity contribution in [2.75, 3.05) is 12.5 Å². The summed E-state index contributed by atoms with van der Waals surface area (Å²) in [5, 5.41) is 0. The lowest BCUT2D eigenvalue weighted by atomic mass is 9.71. The van der Waals surface area contributed by atoms with Gasteiger partial charge in [-0.1, -0.05) is 30.9 Å². The van der Waals surface area contributed by atoms with Crippen LogP contribution in [0.25, 0.3) is 0 Å². The van der Waals surface area contributed by atoms with Crippen LogP contribution in [-0.4, -0.2) is 22.8 Å². The lowest BCUT2D eigenvalue weighted by Crippen LogP contribution is -2.41. The van der Waals surface area contributed by atoms with Crippen LogP contribution in [0, 0.1) is 11.3 Å². The summed E-state index contributed by atoms with van der Waals surface area (Å²) in [5.74, 6) is 0.837. The first kappa shape index (κ1) is 13.2. The fraction of sp³-hybridized carbons (Fsp3) is 1.00. The summed E-state index contributed by atoms with van der Waals surface area (Å²) < 4.78 is 14.9. The van der Waals surface area contributed by atoms with Gasteiger partial charge in [0, 0.05) is 18.6 Å². The third kappa shape index (κ3) is 4.64. The molecule has 0 aromatic rings. The fourth-order valence-electron chi connectivity index (χ4n) is 2.53. The summed E-state index contributed by atoms with van der Waals surface area (Å²) in [6, 6.07) is 0.490. The second-order valence-corrected chi connectivity index (χ2v) is 9.35. The van der Waals surface area contributed by atoms with E-state index in [9.17, 15) is 4.21 Å². The Labute approximate surface area is 95.8 Å². The van der Waals surface area contributed by atoms with Crippen LogP contribution in [0.15, 0.2) is 0 Å². The Hall–Kier alpha value is 0.110. The number of hydrogen-bond donors (Lipinski definition) is 2. The van der Waals surface area contributed by atoms with E-state index in [0.717, 1.165) is 5.92 Å². The summed E-state index contributed by atoms with van der Waals surface area (Å²) in [4.78, 5) is 0. The molecule has 1 rings (SSSR count). The van der Waals surface area contributed by atoms with Gasteiger partial charge in [0.2, 0.25) is 0 Å². The van der Waals surface area contributed by atoms with Crippen LogP contribution in [0.2, 0.25) is 0 Å². The molecule has 1 N–H and O–H groups in total. The molecule has 1 aliphatic rings. The third-order valence-electron chi connectivity index (χ3n) is 3.45. The molecule has 3 heteroatoms. The Bertz CT molecular complexity index is 243. The fourth-order valence-corrected chi connectivity index (χ4v) is 3.67. The molecule has 1 aliphatic carbocycles. The molecule has 0 saturated heterocycles. The van der Waals surface area contributed by atoms with Gasteiger partial charge in [-0.3, -0.25) is 8.93 Å². The van der Waals surface area contributed by atoms with Gasteiger partial charge in [0.15, 0.2) is 0 Å². The molecule has 0 spiro atoms. The molecule has 0 aliphatic heterocycles. The topological polar surface area (TPSA) is 29.1 Å². The van der Waals surface area contributed by atoms with Gasteiger partial charge in [-0.2, -0.15) is 0 Å². The Morgan fingerprint density at radius 2 is 1.53 bits per heavy atom. The van der Waals surface area contributed by atoms with Gasteiger partial charge in [0.05, 0.1) is 0 Å². The van der Waals surface area contributed by atoms with Gasteiger partial charge in [-0.05, 0) is 37.0 Å². The maximum Gasteiger partial charge on any atom is 0.0176 e. The van der Waals surface area contributed by atoms with Crippen LogP contribution >= 0.6 is 0 Å². The van der Waals surface area contributed by atoms with Crippen LogP contribution in [0.3, 0.4) is 0 Å². The molecule has 0 aromatic carbocycles. The van der Waals surface area contributed by atoms with Crippen molar-refractivity contribution in [1.29, 1.82) is 0 Å². The molecular weight excluding hydrogens is 206 g/mol. The Kier molecular flexibility index (Phi) is 3.99. The summed E-state index contributed by atoms with van der Waals surface area (Å²) >= 11 is 0. The van der Waals surface area contributed by atoms with Crippen molar-refractivity contribution >= 4 is 10.1 Å². The van der Waals surface area contributed by atoms with Crippen molar-refractivity contribution in [1.82, 2.24) is 4.72 Å². The zero-order valence-corrected chi connectivity index (χ0v) is 11.7. The van der Waals surface area contributed by atoms with Gasteiger partial charge < -0.3 is 0 Å². The van der Waals surface area contributed by atoms with Crippen molar-refractivity contribution < 1.29 is 4.21 Å². The second-order valence-electron chi connectivity index (χ2n) is 6.39. The highest BCUT2D eigenvalue weighted by Gasteiger charge is 2.30. The van der Waals surface area contributed by atoms with Crippen molar-refractivity contribution in [3.05, 3.63) is 0 Å². The van der Waals surface area contributed by atoms with Crippen molar-refractivity contribution in [3.8, 4) is 0 Å². The second kappa shape index (κ2) is 4.54. The van der Waals surface area contributed by atoms with E-state index in [1.54, 1.807) is 0 Å². The zero-order valence-electron chi connectivity index (χ0n) is 10.8. The largest absolute Gasteiger partial charge is 0.272 e. The zero-order chi connectivity index (χ0) is 11.7. The summed E-state index contributed by atoms with van der Waals surface area (Å²) in [5.41, 5.74) is 0.438. The lowest BCUT2D eigenvalue weighted by molar-refractivity contribution is 0.166. The molecule has 1 fully saturated rings. The van der Waals surface area contributed by atoms with Crippen LogP contribution in [0.1, 0.15) is 46.5 Å². The van der Waals surface area contributed by atoms with Crippen LogP contribution in [-0.2, 0) is 10.1 Å². The molecule has 2 nitrogen and oxygen atoms in total. The first-order chi connectivity index (χ1) is 6.68. The minimum Gasteiger partial charge on any atom is -0.272 e. The quantitative estimate of drug-likeness (QED) is 0.705. The van der Waals surface area contributed by atoms with Gasteiger partial charge in [-0.25, -0.2) is 0 Å². The normalized spacial score (nSPS) is 30.2. The predicted molar refractivity (Wildman–Crippen MR) is 69.7 cm³/mol.